The molecule has 0 aliphatic rings. The summed E-state index contributed by atoms with van der Waals surface area (Å²) in [5.74, 6) is -0.123. The minimum Gasteiger partial charge on any atom is -0.385 e. The van der Waals surface area contributed by atoms with Gasteiger partial charge in [0.25, 0.3) is 0 Å². The molecule has 0 saturated carbocycles. The number of aliphatic hydroxyl groups is 1. The van der Waals surface area contributed by atoms with Crippen LogP contribution in [0.15, 0.2) is 48.5 Å². The van der Waals surface area contributed by atoms with Gasteiger partial charge in [0.15, 0.2) is 0 Å². The van der Waals surface area contributed by atoms with E-state index in [2.05, 4.69) is 0 Å². The first-order valence-corrected chi connectivity index (χ1v) is 7.24. The summed E-state index contributed by atoms with van der Waals surface area (Å²) in [6, 6.07) is 13.7. The number of halogens is 3. The van der Waals surface area contributed by atoms with Gasteiger partial charge in [-0.15, -0.1) is 11.6 Å². The largest absolute Gasteiger partial charge is 0.385 e. The second-order valence-electron chi connectivity index (χ2n) is 4.75. The molecule has 20 heavy (non-hydrogen) atoms. The minimum absolute atomic E-state index is 0.159. The third-order valence-corrected chi connectivity index (χ3v) is 3.74. The van der Waals surface area contributed by atoms with Crippen molar-refractivity contribution in [3.8, 4) is 0 Å². The predicted molar refractivity (Wildman–Crippen MR) is 80.8 cm³/mol. The first-order valence-electron chi connectivity index (χ1n) is 6.33. The molecule has 0 aliphatic carbocycles. The van der Waals surface area contributed by atoms with E-state index >= 15 is 0 Å². The fourth-order valence-corrected chi connectivity index (χ4v) is 2.69. The molecule has 0 saturated heterocycles. The Morgan fingerprint density at radius 1 is 1.10 bits per heavy atom. The third-order valence-electron chi connectivity index (χ3n) is 3.32. The second-order valence-corrected chi connectivity index (χ2v) is 5.56. The van der Waals surface area contributed by atoms with Gasteiger partial charge in [0.05, 0.1) is 5.60 Å². The van der Waals surface area contributed by atoms with Gasteiger partial charge >= 0.3 is 0 Å². The fourth-order valence-electron chi connectivity index (χ4n) is 2.22. The zero-order valence-electron chi connectivity index (χ0n) is 10.8. The van der Waals surface area contributed by atoms with Crippen molar-refractivity contribution in [2.24, 2.45) is 0 Å². The summed E-state index contributed by atoms with van der Waals surface area (Å²) >= 11 is 11.5. The number of rotatable bonds is 5. The summed E-state index contributed by atoms with van der Waals surface area (Å²) in [6.45, 7) is 0. The highest BCUT2D eigenvalue weighted by atomic mass is 35.5. The van der Waals surface area contributed by atoms with Gasteiger partial charge in [-0.2, -0.15) is 0 Å². The van der Waals surface area contributed by atoms with Crippen LogP contribution in [0.2, 0.25) is 5.02 Å². The molecule has 4 heteroatoms. The van der Waals surface area contributed by atoms with Crippen LogP contribution in [0, 0.1) is 5.82 Å². The van der Waals surface area contributed by atoms with Gasteiger partial charge in [-0.05, 0) is 29.7 Å². The Kier molecular flexibility index (Phi) is 5.03. The van der Waals surface area contributed by atoms with Gasteiger partial charge in [-0.3, -0.25) is 0 Å². The average Bonchev–Trinajstić information content (AvgIpc) is 2.43. The van der Waals surface area contributed by atoms with Crippen LogP contribution in [0.25, 0.3) is 0 Å². The van der Waals surface area contributed by atoms with Gasteiger partial charge in [-0.25, -0.2) is 4.39 Å². The van der Waals surface area contributed by atoms with Crippen LogP contribution < -0.4 is 0 Å². The number of hydrogen-bond acceptors (Lipinski definition) is 1. The maximum absolute atomic E-state index is 13.9. The van der Waals surface area contributed by atoms with E-state index < -0.39 is 11.4 Å². The molecule has 0 aromatic heterocycles. The van der Waals surface area contributed by atoms with Crippen molar-refractivity contribution >= 4 is 23.2 Å². The number of hydrogen-bond donors (Lipinski definition) is 1. The summed E-state index contributed by atoms with van der Waals surface area (Å²) in [5.41, 5.74) is -0.0293. The van der Waals surface area contributed by atoms with Gasteiger partial charge < -0.3 is 5.11 Å². The Labute approximate surface area is 128 Å². The molecule has 106 valence electrons. The number of benzene rings is 2. The van der Waals surface area contributed by atoms with E-state index in [1.54, 1.807) is 12.1 Å². The van der Waals surface area contributed by atoms with Crippen molar-refractivity contribution in [2.45, 2.75) is 18.4 Å². The lowest BCUT2D eigenvalue weighted by Crippen LogP contribution is -2.29. The standard InChI is InChI=1S/C16H15Cl2FO/c17-9-8-16(20,13-4-2-1-3-5-13)11-12-6-7-14(18)10-15(12)19/h1-7,10,20H,8-9,11H2. The molecule has 0 aliphatic heterocycles. The van der Waals surface area contributed by atoms with Crippen LogP contribution in [0.3, 0.4) is 0 Å². The zero-order chi connectivity index (χ0) is 14.6. The molecule has 0 spiro atoms. The van der Waals surface area contributed by atoms with Gasteiger partial charge in [0.1, 0.15) is 5.82 Å². The maximum Gasteiger partial charge on any atom is 0.127 e. The van der Waals surface area contributed by atoms with Crippen LogP contribution in [0.1, 0.15) is 17.5 Å². The van der Waals surface area contributed by atoms with Crippen LogP contribution >= 0.6 is 23.2 Å². The quantitative estimate of drug-likeness (QED) is 0.804. The Morgan fingerprint density at radius 3 is 2.40 bits per heavy atom. The molecule has 1 nitrogen and oxygen atoms in total. The van der Waals surface area contributed by atoms with E-state index in [1.165, 1.54) is 6.07 Å². The molecular weight excluding hydrogens is 298 g/mol. The Bertz CT molecular complexity index is 574. The zero-order valence-corrected chi connectivity index (χ0v) is 12.3. The monoisotopic (exact) mass is 312 g/mol. The highest BCUT2D eigenvalue weighted by molar-refractivity contribution is 6.30. The van der Waals surface area contributed by atoms with E-state index in [1.807, 2.05) is 30.3 Å². The van der Waals surface area contributed by atoms with Crippen LogP contribution in [0.5, 0.6) is 0 Å². The Balaban J connectivity index is 2.34. The van der Waals surface area contributed by atoms with Crippen molar-refractivity contribution in [3.63, 3.8) is 0 Å². The minimum atomic E-state index is -1.18. The molecule has 2 rings (SSSR count). The van der Waals surface area contributed by atoms with Crippen LogP contribution in [-0.4, -0.2) is 11.0 Å². The fraction of sp³-hybridized carbons (Fsp3) is 0.250. The van der Waals surface area contributed by atoms with Gasteiger partial charge in [-0.1, -0.05) is 48.0 Å². The molecule has 1 N–H and O–H groups in total. The molecule has 1 unspecified atom stereocenters. The first-order chi connectivity index (χ1) is 9.55. The molecule has 0 radical (unpaired) electrons. The van der Waals surface area contributed by atoms with Crippen molar-refractivity contribution in [3.05, 3.63) is 70.5 Å². The second kappa shape index (κ2) is 6.57. The smallest absolute Gasteiger partial charge is 0.127 e. The lowest BCUT2D eigenvalue weighted by Gasteiger charge is -2.28. The van der Waals surface area contributed by atoms with E-state index in [4.69, 9.17) is 23.2 Å². The predicted octanol–water partition coefficient (Wildman–Crippen LogP) is 4.54. The average molecular weight is 313 g/mol. The summed E-state index contributed by atoms with van der Waals surface area (Å²) in [6.07, 6.45) is 0.507. The van der Waals surface area contributed by atoms with Gasteiger partial charge in [0.2, 0.25) is 0 Å². The number of alkyl halides is 1. The normalized spacial score (nSPS) is 14.0. The van der Waals surface area contributed by atoms with E-state index in [0.29, 0.717) is 22.9 Å². The van der Waals surface area contributed by atoms with Crippen molar-refractivity contribution in [1.29, 1.82) is 0 Å². The molecule has 2 aromatic carbocycles. The topological polar surface area (TPSA) is 20.2 Å². The van der Waals surface area contributed by atoms with Crippen molar-refractivity contribution in [2.75, 3.05) is 5.88 Å². The van der Waals surface area contributed by atoms with Crippen LogP contribution in [-0.2, 0) is 12.0 Å². The van der Waals surface area contributed by atoms with Gasteiger partial charge in [0, 0.05) is 17.3 Å². The molecule has 0 heterocycles. The van der Waals surface area contributed by atoms with Crippen LogP contribution in [0.4, 0.5) is 4.39 Å². The third kappa shape index (κ3) is 3.51. The summed E-state index contributed by atoms with van der Waals surface area (Å²) in [7, 11) is 0. The van der Waals surface area contributed by atoms with Crippen molar-refractivity contribution < 1.29 is 9.50 Å². The van der Waals surface area contributed by atoms with E-state index in [-0.39, 0.29) is 6.42 Å². The molecule has 0 bridgehead atoms. The molecular formula is C16H15Cl2FO. The highest BCUT2D eigenvalue weighted by Crippen LogP contribution is 2.31. The first kappa shape index (κ1) is 15.3. The highest BCUT2D eigenvalue weighted by Gasteiger charge is 2.29. The molecule has 1 atom stereocenters. The van der Waals surface area contributed by atoms with Crippen molar-refractivity contribution in [1.82, 2.24) is 0 Å². The maximum atomic E-state index is 13.9. The SMILES string of the molecule is OC(CCCl)(Cc1ccc(Cl)cc1F)c1ccccc1. The Morgan fingerprint density at radius 2 is 1.80 bits per heavy atom. The summed E-state index contributed by atoms with van der Waals surface area (Å²) in [4.78, 5) is 0. The molecule has 0 fully saturated rings. The lowest BCUT2D eigenvalue weighted by atomic mass is 9.85. The summed E-state index contributed by atoms with van der Waals surface area (Å²) in [5, 5.41) is 11.2. The summed E-state index contributed by atoms with van der Waals surface area (Å²) < 4.78 is 13.9. The molecule has 0 amide bonds. The lowest BCUT2D eigenvalue weighted by molar-refractivity contribution is 0.0328. The van der Waals surface area contributed by atoms with E-state index in [0.717, 1.165) is 5.56 Å². The Hall–Kier alpha value is -1.09. The van der Waals surface area contributed by atoms with E-state index in [9.17, 15) is 9.50 Å². The molecule has 2 aromatic rings.